The highest BCUT2D eigenvalue weighted by atomic mass is 127. The van der Waals surface area contributed by atoms with Crippen molar-refractivity contribution in [3.63, 3.8) is 0 Å². The Hall–Kier alpha value is -2.19. The van der Waals surface area contributed by atoms with Gasteiger partial charge in [-0.3, -0.25) is 4.57 Å². The summed E-state index contributed by atoms with van der Waals surface area (Å²) in [5.74, 6) is 2.53. The number of ether oxygens (including phenoxy) is 2. The first-order valence-corrected chi connectivity index (χ1v) is 11.7. The number of rotatable bonds is 7. The Balaban J connectivity index is 1.75. The van der Waals surface area contributed by atoms with Crippen LogP contribution in [0.2, 0.25) is 0 Å². The Morgan fingerprint density at radius 1 is 0.897 bits per heavy atom. The first-order valence-electron chi connectivity index (χ1n) is 9.19. The van der Waals surface area contributed by atoms with Gasteiger partial charge in [0.05, 0.1) is 25.3 Å². The Bertz CT molecular complexity index is 1130. The minimum absolute atomic E-state index is 0.815. The van der Waals surface area contributed by atoms with Crippen LogP contribution in [0, 0.1) is 0 Å². The Morgan fingerprint density at radius 3 is 2.41 bits per heavy atom. The molecule has 1 heterocycles. The van der Waals surface area contributed by atoms with E-state index < -0.39 is 0 Å². The molecule has 0 fully saturated rings. The van der Waals surface area contributed by atoms with Crippen LogP contribution in [-0.2, 0) is 10.2 Å². The number of methoxy groups -OCH3 is 2. The van der Waals surface area contributed by atoms with E-state index in [1.807, 2.05) is 24.3 Å². The molecule has 0 aliphatic heterocycles. The fourth-order valence-corrected chi connectivity index (χ4v) is 4.62. The van der Waals surface area contributed by atoms with Gasteiger partial charge in [0.1, 0.15) is 11.5 Å². The van der Waals surface area contributed by atoms with Crippen LogP contribution in [0.15, 0.2) is 71.9 Å². The minimum Gasteiger partial charge on any atom is -0.497 e. The number of halogens is 1. The molecule has 148 valence electrons. The number of hydrogen-bond acceptors (Lipinski definition) is 4. The van der Waals surface area contributed by atoms with Crippen molar-refractivity contribution in [2.24, 2.45) is 0 Å². The van der Waals surface area contributed by atoms with Gasteiger partial charge in [-0.25, -0.2) is 4.98 Å². The first-order chi connectivity index (χ1) is 14.2. The molecule has 0 spiro atoms. The van der Waals surface area contributed by atoms with Crippen molar-refractivity contribution < 1.29 is 9.47 Å². The van der Waals surface area contributed by atoms with Gasteiger partial charge < -0.3 is 9.47 Å². The van der Waals surface area contributed by atoms with Crippen LogP contribution >= 0.6 is 34.4 Å². The molecule has 0 saturated heterocycles. The van der Waals surface area contributed by atoms with E-state index in [1.54, 1.807) is 26.0 Å². The van der Waals surface area contributed by atoms with E-state index in [4.69, 9.17) is 14.5 Å². The van der Waals surface area contributed by atoms with Crippen LogP contribution in [-0.4, -0.2) is 23.8 Å². The molecular weight excluding hydrogens is 495 g/mol. The summed E-state index contributed by atoms with van der Waals surface area (Å²) in [6.45, 7) is 0. The maximum absolute atomic E-state index is 5.35. The molecule has 29 heavy (non-hydrogen) atoms. The Kier molecular flexibility index (Phi) is 6.30. The smallest absolute Gasteiger partial charge is 0.174 e. The monoisotopic (exact) mass is 516 g/mol. The highest BCUT2D eigenvalue weighted by Gasteiger charge is 2.14. The van der Waals surface area contributed by atoms with E-state index in [2.05, 4.69) is 69.6 Å². The zero-order valence-electron chi connectivity index (χ0n) is 16.3. The lowest BCUT2D eigenvalue weighted by molar-refractivity contribution is 0.414. The lowest BCUT2D eigenvalue weighted by Crippen LogP contribution is -1.97. The Labute approximate surface area is 188 Å². The molecule has 0 saturated carbocycles. The first kappa shape index (κ1) is 20.1. The third kappa shape index (κ3) is 4.38. The van der Waals surface area contributed by atoms with Gasteiger partial charge in [-0.05, 0) is 59.7 Å². The third-order valence-corrected chi connectivity index (χ3v) is 6.57. The molecule has 0 amide bonds. The summed E-state index contributed by atoms with van der Waals surface area (Å²) in [5, 5.41) is 0.971. The van der Waals surface area contributed by atoms with Crippen molar-refractivity contribution >= 4 is 45.4 Å². The second-order valence-corrected chi connectivity index (χ2v) is 8.23. The molecule has 0 N–H and O–H groups in total. The van der Waals surface area contributed by atoms with Gasteiger partial charge in [-0.15, -0.1) is 0 Å². The van der Waals surface area contributed by atoms with Crippen LogP contribution in [0.3, 0.4) is 0 Å². The predicted molar refractivity (Wildman–Crippen MR) is 128 cm³/mol. The second-order valence-electron chi connectivity index (χ2n) is 6.52. The summed E-state index contributed by atoms with van der Waals surface area (Å²) in [5.41, 5.74) is 5.69. The average Bonchev–Trinajstić information content (AvgIpc) is 3.15. The minimum atomic E-state index is 0.815. The number of hydrogen-bond donors (Lipinski definition) is 0. The SMILES string of the molecule is COc1ccc(-n2c(SCc3cccc(OC)c3)nc3ccc(CI)cc32)cc1. The van der Waals surface area contributed by atoms with Crippen LogP contribution < -0.4 is 9.47 Å². The van der Waals surface area contributed by atoms with Crippen molar-refractivity contribution in [2.45, 2.75) is 15.3 Å². The highest BCUT2D eigenvalue weighted by Crippen LogP contribution is 2.32. The van der Waals surface area contributed by atoms with Crippen LogP contribution in [0.5, 0.6) is 11.5 Å². The predicted octanol–water partition coefficient (Wildman–Crippen LogP) is 6.27. The quantitative estimate of drug-likeness (QED) is 0.165. The average molecular weight is 516 g/mol. The number of nitrogens with zero attached hydrogens (tertiary/aromatic N) is 2. The van der Waals surface area contributed by atoms with Crippen molar-refractivity contribution in [2.75, 3.05) is 14.2 Å². The number of thioether (sulfide) groups is 1. The van der Waals surface area contributed by atoms with Gasteiger partial charge in [0.25, 0.3) is 0 Å². The molecule has 4 rings (SSSR count). The van der Waals surface area contributed by atoms with E-state index in [9.17, 15) is 0 Å². The van der Waals surface area contributed by atoms with E-state index in [-0.39, 0.29) is 0 Å². The fraction of sp³-hybridized carbons (Fsp3) is 0.174. The largest absolute Gasteiger partial charge is 0.497 e. The van der Waals surface area contributed by atoms with Gasteiger partial charge in [0.15, 0.2) is 5.16 Å². The number of alkyl halides is 1. The summed E-state index contributed by atoms with van der Waals surface area (Å²) in [7, 11) is 3.38. The molecule has 0 atom stereocenters. The molecule has 4 aromatic rings. The maximum atomic E-state index is 5.35. The number of fused-ring (bicyclic) bond motifs is 1. The standard InChI is InChI=1S/C23H21IN2O2S/c1-27-19-9-7-18(8-10-19)26-22-13-16(14-24)6-11-21(22)25-23(26)29-15-17-4-3-5-20(12-17)28-2/h3-13H,14-15H2,1-2H3. The molecule has 0 bridgehead atoms. The molecule has 1 aromatic heterocycles. The zero-order valence-corrected chi connectivity index (χ0v) is 19.2. The molecule has 0 unspecified atom stereocenters. The van der Waals surface area contributed by atoms with Crippen molar-refractivity contribution in [3.8, 4) is 17.2 Å². The number of benzene rings is 3. The van der Waals surface area contributed by atoms with Gasteiger partial charge in [0.2, 0.25) is 0 Å². The topological polar surface area (TPSA) is 36.3 Å². The van der Waals surface area contributed by atoms with Crippen molar-refractivity contribution in [3.05, 3.63) is 77.9 Å². The van der Waals surface area contributed by atoms with Gasteiger partial charge >= 0.3 is 0 Å². The van der Waals surface area contributed by atoms with Gasteiger partial charge in [-0.2, -0.15) is 0 Å². The molecular formula is C23H21IN2O2S. The van der Waals surface area contributed by atoms with Crippen molar-refractivity contribution in [1.82, 2.24) is 9.55 Å². The summed E-state index contributed by atoms with van der Waals surface area (Å²) >= 11 is 4.12. The summed E-state index contributed by atoms with van der Waals surface area (Å²) < 4.78 is 13.9. The lowest BCUT2D eigenvalue weighted by Gasteiger charge is -2.11. The maximum Gasteiger partial charge on any atom is 0.174 e. The normalized spacial score (nSPS) is 11.0. The summed E-state index contributed by atoms with van der Waals surface area (Å²) in [4.78, 5) is 4.93. The van der Waals surface area contributed by atoms with Crippen LogP contribution in [0.1, 0.15) is 11.1 Å². The molecule has 0 aliphatic rings. The zero-order chi connectivity index (χ0) is 20.2. The fourth-order valence-electron chi connectivity index (χ4n) is 3.17. The van der Waals surface area contributed by atoms with Crippen molar-refractivity contribution in [1.29, 1.82) is 0 Å². The lowest BCUT2D eigenvalue weighted by atomic mass is 10.2. The second kappa shape index (κ2) is 9.09. The summed E-state index contributed by atoms with van der Waals surface area (Å²) in [6.07, 6.45) is 0. The molecule has 4 nitrogen and oxygen atoms in total. The highest BCUT2D eigenvalue weighted by molar-refractivity contribution is 14.1. The molecule has 0 aliphatic carbocycles. The van der Waals surface area contributed by atoms with E-state index in [0.717, 1.165) is 43.6 Å². The molecule has 6 heteroatoms. The van der Waals surface area contributed by atoms with E-state index >= 15 is 0 Å². The summed E-state index contributed by atoms with van der Waals surface area (Å²) in [6, 6.07) is 22.8. The molecule has 0 radical (unpaired) electrons. The van der Waals surface area contributed by atoms with Gasteiger partial charge in [0, 0.05) is 15.9 Å². The molecule has 3 aromatic carbocycles. The van der Waals surface area contributed by atoms with Crippen LogP contribution in [0.25, 0.3) is 16.7 Å². The number of aromatic nitrogens is 2. The third-order valence-electron chi connectivity index (χ3n) is 4.68. The van der Waals surface area contributed by atoms with Crippen LogP contribution in [0.4, 0.5) is 0 Å². The Morgan fingerprint density at radius 2 is 1.69 bits per heavy atom. The van der Waals surface area contributed by atoms with Gasteiger partial charge in [-0.1, -0.05) is 52.6 Å². The van der Waals surface area contributed by atoms with E-state index in [1.165, 1.54) is 11.1 Å². The van der Waals surface area contributed by atoms with E-state index in [0.29, 0.717) is 0 Å². The number of imidazole rings is 1.